The first kappa shape index (κ1) is 36.2. The number of amides is 3. The van der Waals surface area contributed by atoms with E-state index in [9.17, 15) is 19.2 Å². The van der Waals surface area contributed by atoms with Gasteiger partial charge in [0.2, 0.25) is 11.8 Å². The molecule has 49 heavy (non-hydrogen) atoms. The van der Waals surface area contributed by atoms with Gasteiger partial charge >= 0.3 is 12.1 Å². The number of benzene rings is 3. The third-order valence-corrected chi connectivity index (χ3v) is 10.5. The van der Waals surface area contributed by atoms with Crippen molar-refractivity contribution in [1.82, 2.24) is 16.0 Å². The minimum absolute atomic E-state index is 0.103. The highest BCUT2D eigenvalue weighted by atomic mass is 35.5. The molecule has 262 valence electrons. The van der Waals surface area contributed by atoms with Gasteiger partial charge in [-0.1, -0.05) is 106 Å². The standard InChI is InChI=1S/C39H48ClN3O6/c1-38(2,30-15-10-16-31(40)23-30)33(28-18-17-26-13-8-9-14-27(26)21-28)49-37(47)43-39(3,24-25-11-6-5-7-12-25)36(46)42-32(35(45)48-4)22-29-19-20-41-34(29)44/h8-10,13-18,21,23,25,29,32-33H,5-7,11-12,19-20,22,24H2,1-4H3,(H,41,44)(H,42,46)(H,43,47)/t29-,32-,33?,39+/m0/s1. The van der Waals surface area contributed by atoms with E-state index in [4.69, 9.17) is 21.1 Å². The van der Waals surface area contributed by atoms with Gasteiger partial charge in [-0.05, 0) is 72.2 Å². The van der Waals surface area contributed by atoms with Crippen LogP contribution in [0.5, 0.6) is 0 Å². The molecule has 2 aliphatic rings. The Morgan fingerprint density at radius 2 is 1.67 bits per heavy atom. The molecular formula is C39H48ClN3O6. The highest BCUT2D eigenvalue weighted by Gasteiger charge is 2.43. The van der Waals surface area contributed by atoms with E-state index < -0.39 is 47.0 Å². The number of carbonyl (C=O) groups excluding carboxylic acids is 4. The van der Waals surface area contributed by atoms with Crippen LogP contribution in [0.2, 0.25) is 5.02 Å². The van der Waals surface area contributed by atoms with Crippen LogP contribution in [-0.2, 0) is 29.3 Å². The summed E-state index contributed by atoms with van der Waals surface area (Å²) in [6, 6.07) is 20.4. The molecule has 3 aromatic carbocycles. The summed E-state index contributed by atoms with van der Waals surface area (Å²) in [5.74, 6) is -1.56. The van der Waals surface area contributed by atoms with Crippen LogP contribution in [0.4, 0.5) is 4.79 Å². The molecule has 1 unspecified atom stereocenters. The van der Waals surface area contributed by atoms with Gasteiger partial charge in [0.15, 0.2) is 0 Å². The van der Waals surface area contributed by atoms with Crippen LogP contribution in [0.3, 0.4) is 0 Å². The highest BCUT2D eigenvalue weighted by Crippen LogP contribution is 2.41. The fraction of sp³-hybridized carbons (Fsp3) is 0.487. The summed E-state index contributed by atoms with van der Waals surface area (Å²) in [5, 5.41) is 11.2. The van der Waals surface area contributed by atoms with E-state index in [1.54, 1.807) is 13.0 Å². The molecule has 1 aliphatic heterocycles. The minimum atomic E-state index is -1.42. The lowest BCUT2D eigenvalue weighted by atomic mass is 9.76. The van der Waals surface area contributed by atoms with Gasteiger partial charge in [-0.3, -0.25) is 9.59 Å². The van der Waals surface area contributed by atoms with Crippen LogP contribution in [0.15, 0.2) is 66.7 Å². The largest absolute Gasteiger partial charge is 0.467 e. The number of fused-ring (bicyclic) bond motifs is 1. The van der Waals surface area contributed by atoms with Crippen molar-refractivity contribution in [2.75, 3.05) is 13.7 Å². The van der Waals surface area contributed by atoms with Crippen LogP contribution >= 0.6 is 11.6 Å². The van der Waals surface area contributed by atoms with E-state index in [1.165, 1.54) is 7.11 Å². The number of hydrogen-bond acceptors (Lipinski definition) is 6. The Morgan fingerprint density at radius 1 is 0.939 bits per heavy atom. The van der Waals surface area contributed by atoms with Crippen molar-refractivity contribution in [3.05, 3.63) is 82.9 Å². The van der Waals surface area contributed by atoms with Crippen molar-refractivity contribution in [3.63, 3.8) is 0 Å². The molecule has 0 radical (unpaired) electrons. The molecule has 2 fully saturated rings. The summed E-state index contributed by atoms with van der Waals surface area (Å²) in [5.41, 5.74) is -0.481. The van der Waals surface area contributed by atoms with Gasteiger partial charge in [-0.2, -0.15) is 0 Å². The van der Waals surface area contributed by atoms with E-state index in [-0.39, 0.29) is 18.2 Å². The van der Waals surface area contributed by atoms with Crippen LogP contribution in [0.1, 0.15) is 89.4 Å². The van der Waals surface area contributed by atoms with Crippen molar-refractivity contribution in [2.45, 2.75) is 95.2 Å². The molecule has 3 N–H and O–H groups in total. The summed E-state index contributed by atoms with van der Waals surface area (Å²) >= 11 is 6.42. The summed E-state index contributed by atoms with van der Waals surface area (Å²) in [4.78, 5) is 53.5. The maximum Gasteiger partial charge on any atom is 0.408 e. The number of nitrogens with one attached hydrogen (secondary N) is 3. The number of carbonyl (C=O) groups is 4. The Hall–Kier alpha value is -4.11. The van der Waals surface area contributed by atoms with Gasteiger partial charge in [0.25, 0.3) is 0 Å². The Bertz CT molecular complexity index is 1670. The molecule has 10 heteroatoms. The number of hydrogen-bond donors (Lipinski definition) is 3. The molecule has 0 spiro atoms. The third kappa shape index (κ3) is 8.74. The first-order chi connectivity index (χ1) is 23.4. The molecule has 5 rings (SSSR count). The Morgan fingerprint density at radius 3 is 2.35 bits per heavy atom. The average Bonchev–Trinajstić information content (AvgIpc) is 3.50. The number of halogens is 1. The van der Waals surface area contributed by atoms with Crippen molar-refractivity contribution < 1.29 is 28.7 Å². The van der Waals surface area contributed by atoms with Gasteiger partial charge in [0.05, 0.1) is 7.11 Å². The van der Waals surface area contributed by atoms with Crippen LogP contribution in [0, 0.1) is 11.8 Å². The molecule has 1 saturated carbocycles. The molecule has 1 heterocycles. The number of alkyl carbamates (subject to hydrolysis) is 1. The average molecular weight is 690 g/mol. The van der Waals surface area contributed by atoms with Crippen molar-refractivity contribution >= 4 is 46.3 Å². The molecule has 3 amide bonds. The first-order valence-electron chi connectivity index (χ1n) is 17.3. The SMILES string of the molecule is COC(=O)[C@H](C[C@@H]1CCNC1=O)NC(=O)[C@@](C)(CC1CCCCC1)NC(=O)OC(c1ccc2ccccc2c1)C(C)(C)c1cccc(Cl)c1. The lowest BCUT2D eigenvalue weighted by molar-refractivity contribution is -0.146. The number of methoxy groups -OCH3 is 1. The van der Waals surface area contributed by atoms with Gasteiger partial charge < -0.3 is 25.4 Å². The van der Waals surface area contributed by atoms with E-state index in [0.29, 0.717) is 24.4 Å². The van der Waals surface area contributed by atoms with Crippen LogP contribution < -0.4 is 16.0 Å². The highest BCUT2D eigenvalue weighted by molar-refractivity contribution is 6.30. The second-order valence-corrected chi connectivity index (χ2v) is 14.8. The Labute approximate surface area is 293 Å². The molecule has 1 saturated heterocycles. The summed E-state index contributed by atoms with van der Waals surface area (Å²) in [7, 11) is 1.25. The summed E-state index contributed by atoms with van der Waals surface area (Å²) in [6.45, 7) is 6.20. The zero-order valence-electron chi connectivity index (χ0n) is 28.9. The van der Waals surface area contributed by atoms with Gasteiger partial charge in [0, 0.05) is 22.9 Å². The van der Waals surface area contributed by atoms with Crippen molar-refractivity contribution in [3.8, 4) is 0 Å². The molecule has 0 bridgehead atoms. The fourth-order valence-electron chi connectivity index (χ4n) is 7.40. The molecular weight excluding hydrogens is 642 g/mol. The van der Waals surface area contributed by atoms with E-state index in [2.05, 4.69) is 16.0 Å². The lowest BCUT2D eigenvalue weighted by Gasteiger charge is -2.38. The maximum atomic E-state index is 14.2. The predicted molar refractivity (Wildman–Crippen MR) is 190 cm³/mol. The predicted octanol–water partition coefficient (Wildman–Crippen LogP) is 7.15. The Balaban J connectivity index is 1.44. The fourth-order valence-corrected chi connectivity index (χ4v) is 7.59. The zero-order chi connectivity index (χ0) is 35.2. The Kier molecular flexibility index (Phi) is 11.5. The number of esters is 1. The number of ether oxygens (including phenoxy) is 2. The lowest BCUT2D eigenvalue weighted by Crippen LogP contribution is -2.61. The molecule has 1 aliphatic carbocycles. The first-order valence-corrected chi connectivity index (χ1v) is 17.7. The molecule has 0 aromatic heterocycles. The van der Waals surface area contributed by atoms with Gasteiger partial charge in [-0.25, -0.2) is 9.59 Å². The molecule has 3 aromatic rings. The summed E-state index contributed by atoms with van der Waals surface area (Å²) < 4.78 is 11.4. The maximum absolute atomic E-state index is 14.2. The van der Waals surface area contributed by atoms with Gasteiger partial charge in [0.1, 0.15) is 17.7 Å². The topological polar surface area (TPSA) is 123 Å². The zero-order valence-corrected chi connectivity index (χ0v) is 29.6. The summed E-state index contributed by atoms with van der Waals surface area (Å²) in [6.07, 6.45) is 4.61. The molecule has 9 nitrogen and oxygen atoms in total. The van der Waals surface area contributed by atoms with Gasteiger partial charge in [-0.15, -0.1) is 0 Å². The van der Waals surface area contributed by atoms with Crippen LogP contribution in [-0.4, -0.2) is 49.1 Å². The smallest absolute Gasteiger partial charge is 0.408 e. The van der Waals surface area contributed by atoms with Crippen LogP contribution in [0.25, 0.3) is 10.8 Å². The number of rotatable bonds is 12. The quantitative estimate of drug-likeness (QED) is 0.174. The molecule has 4 atom stereocenters. The second-order valence-electron chi connectivity index (χ2n) is 14.4. The minimum Gasteiger partial charge on any atom is -0.467 e. The normalized spacial score (nSPS) is 19.3. The monoisotopic (exact) mass is 689 g/mol. The van der Waals surface area contributed by atoms with Crippen molar-refractivity contribution in [2.24, 2.45) is 11.8 Å². The van der Waals surface area contributed by atoms with E-state index >= 15 is 0 Å². The van der Waals surface area contributed by atoms with E-state index in [0.717, 1.165) is 54.0 Å². The van der Waals surface area contributed by atoms with E-state index in [1.807, 2.05) is 74.5 Å². The van der Waals surface area contributed by atoms with Crippen molar-refractivity contribution in [1.29, 1.82) is 0 Å². The third-order valence-electron chi connectivity index (χ3n) is 10.3. The second kappa shape index (κ2) is 15.6.